The van der Waals surface area contributed by atoms with Gasteiger partial charge in [-0.15, -0.1) is 6.58 Å². The quantitative estimate of drug-likeness (QED) is 0.317. The molecule has 0 fully saturated rings. The Bertz CT molecular complexity index is 775. The second kappa shape index (κ2) is 8.40. The van der Waals surface area contributed by atoms with Crippen LogP contribution in [0.4, 0.5) is 0 Å². The highest BCUT2D eigenvalue weighted by atomic mass is 28.4. The fourth-order valence-corrected chi connectivity index (χ4v) is 14.5. The molecule has 1 nitrogen and oxygen atoms in total. The second-order valence-electron chi connectivity index (χ2n) is 12.1. The molecular weight excluding hydrogens is 394 g/mol. The summed E-state index contributed by atoms with van der Waals surface area (Å²) in [6.07, 6.45) is 11.9. The first-order valence-corrected chi connectivity index (χ1v) is 17.3. The summed E-state index contributed by atoms with van der Waals surface area (Å²) in [7, 11) is -3.34. The van der Waals surface area contributed by atoms with Gasteiger partial charge in [-0.2, -0.15) is 0 Å². The molecule has 0 amide bonds. The highest BCUT2D eigenvalue weighted by Crippen LogP contribution is 2.47. The van der Waals surface area contributed by atoms with Crippen LogP contribution < -0.4 is 0 Å². The monoisotopic (exact) mass is 439 g/mol. The van der Waals surface area contributed by atoms with Crippen molar-refractivity contribution in [2.75, 3.05) is 0 Å². The van der Waals surface area contributed by atoms with Crippen LogP contribution >= 0.6 is 0 Å². The molecule has 1 unspecified atom stereocenters. The zero-order valence-corrected chi connectivity index (χ0v) is 23.3. The zero-order valence-electron chi connectivity index (χ0n) is 21.3. The average Bonchev–Trinajstić information content (AvgIpc) is 2.65. The molecule has 1 atom stereocenters. The van der Waals surface area contributed by atoms with Gasteiger partial charge in [-0.05, 0) is 27.6 Å². The van der Waals surface area contributed by atoms with E-state index in [1.807, 2.05) is 0 Å². The summed E-state index contributed by atoms with van der Waals surface area (Å²) >= 11 is 0. The topological polar surface area (TPSA) is 3.24 Å². The molecular formula is C27H45NSi2. The number of rotatable bonds is 6. The summed E-state index contributed by atoms with van der Waals surface area (Å²) in [5, 5.41) is 0.656. The highest BCUT2D eigenvalue weighted by molar-refractivity contribution is 6.93. The first-order chi connectivity index (χ1) is 13.6. The van der Waals surface area contributed by atoms with E-state index < -0.39 is 16.5 Å². The molecule has 0 N–H and O–H groups in total. The molecule has 0 bridgehead atoms. The molecule has 166 valence electrons. The Morgan fingerprint density at radius 3 is 1.77 bits per heavy atom. The van der Waals surface area contributed by atoms with Crippen LogP contribution in [0.25, 0.3) is 0 Å². The molecule has 30 heavy (non-hydrogen) atoms. The molecule has 0 aromatic heterocycles. The maximum atomic E-state index is 4.14. The molecule has 0 radical (unpaired) electrons. The normalized spacial score (nSPS) is 20.6. The molecule has 0 saturated heterocycles. The van der Waals surface area contributed by atoms with Crippen molar-refractivity contribution in [3.8, 4) is 0 Å². The van der Waals surface area contributed by atoms with Crippen molar-refractivity contribution < 1.29 is 0 Å². The van der Waals surface area contributed by atoms with Gasteiger partial charge in [0.05, 0.1) is 0 Å². The van der Waals surface area contributed by atoms with Crippen molar-refractivity contribution in [1.82, 2.24) is 4.23 Å². The molecule has 0 saturated carbocycles. The third kappa shape index (κ3) is 4.68. The lowest BCUT2D eigenvalue weighted by molar-refractivity contribution is 0.508. The van der Waals surface area contributed by atoms with E-state index in [4.69, 9.17) is 0 Å². The largest absolute Gasteiger partial charge is 0.341 e. The summed E-state index contributed by atoms with van der Waals surface area (Å²) in [4.78, 5) is 0. The number of benzene rings is 1. The highest BCUT2D eigenvalue weighted by Gasteiger charge is 2.51. The SMILES string of the molecule is C=CC1(c2ccc(CN([Si](C)(C)C(C)(C)C)[Si](C)(C)C(C)(C)C)cc2)C=CC=CC1. The molecule has 0 heterocycles. The Balaban J connectivity index is 2.43. The third-order valence-corrected chi connectivity index (χ3v) is 22.0. The molecule has 1 aromatic rings. The van der Waals surface area contributed by atoms with Crippen LogP contribution in [-0.2, 0) is 12.0 Å². The van der Waals surface area contributed by atoms with Gasteiger partial charge in [0, 0.05) is 12.0 Å². The molecule has 0 aliphatic heterocycles. The summed E-state index contributed by atoms with van der Waals surface area (Å²) in [6, 6.07) is 9.38. The minimum Gasteiger partial charge on any atom is -0.341 e. The second-order valence-corrected chi connectivity index (χ2v) is 22.9. The van der Waals surface area contributed by atoms with Crippen molar-refractivity contribution in [1.29, 1.82) is 0 Å². The minimum absolute atomic E-state index is 0.0637. The van der Waals surface area contributed by atoms with Gasteiger partial charge in [0.15, 0.2) is 0 Å². The van der Waals surface area contributed by atoms with Gasteiger partial charge in [0.25, 0.3) is 0 Å². The summed E-state index contributed by atoms with van der Waals surface area (Å²) in [6.45, 7) is 30.2. The van der Waals surface area contributed by atoms with Gasteiger partial charge in [0.2, 0.25) is 0 Å². The van der Waals surface area contributed by atoms with E-state index in [0.29, 0.717) is 10.1 Å². The fourth-order valence-electron chi connectivity index (χ4n) is 4.13. The molecule has 2 rings (SSSR count). The van der Waals surface area contributed by atoms with Crippen molar-refractivity contribution >= 4 is 16.5 Å². The maximum absolute atomic E-state index is 4.14. The van der Waals surface area contributed by atoms with E-state index in [-0.39, 0.29) is 5.41 Å². The number of allylic oxidation sites excluding steroid dienone is 5. The summed E-state index contributed by atoms with van der Waals surface area (Å²) < 4.78 is 3.00. The lowest BCUT2D eigenvalue weighted by Gasteiger charge is -2.57. The predicted octanol–water partition coefficient (Wildman–Crippen LogP) is 8.44. The van der Waals surface area contributed by atoms with E-state index in [1.54, 1.807) is 0 Å². The zero-order chi connectivity index (χ0) is 23.0. The van der Waals surface area contributed by atoms with Crippen LogP contribution in [0.15, 0.2) is 61.2 Å². The standard InChI is InChI=1S/C27H45NSi2/c1-12-27(20-14-13-15-21-27)24-18-16-23(17-19-24)22-28(29(8,9)25(2,3)4)30(10,11)26(5,6)7/h12-20H,1,21-22H2,2-11H3. The van der Waals surface area contributed by atoms with E-state index in [9.17, 15) is 0 Å². The maximum Gasteiger partial charge on any atom is 0.121 e. The van der Waals surface area contributed by atoms with Crippen LogP contribution in [0.1, 0.15) is 59.1 Å². The molecule has 1 aromatic carbocycles. The van der Waals surface area contributed by atoms with Crippen LogP contribution in [0.2, 0.25) is 36.3 Å². The first-order valence-electron chi connectivity index (χ1n) is 11.4. The van der Waals surface area contributed by atoms with Gasteiger partial charge in [-0.3, -0.25) is 0 Å². The molecule has 3 heteroatoms. The van der Waals surface area contributed by atoms with Crippen molar-refractivity contribution in [3.05, 3.63) is 72.4 Å². The van der Waals surface area contributed by atoms with Gasteiger partial charge in [-0.1, -0.05) is 122 Å². The average molecular weight is 440 g/mol. The Hall–Kier alpha value is -1.17. The van der Waals surface area contributed by atoms with E-state index in [0.717, 1.165) is 13.0 Å². The van der Waals surface area contributed by atoms with Gasteiger partial charge >= 0.3 is 0 Å². The predicted molar refractivity (Wildman–Crippen MR) is 141 cm³/mol. The fraction of sp³-hybridized carbons (Fsp3) is 0.556. The minimum atomic E-state index is -1.67. The Morgan fingerprint density at radius 2 is 1.40 bits per heavy atom. The van der Waals surface area contributed by atoms with Gasteiger partial charge in [0.1, 0.15) is 16.5 Å². The van der Waals surface area contributed by atoms with E-state index >= 15 is 0 Å². The number of hydrogen-bond acceptors (Lipinski definition) is 1. The Labute approximate surface area is 189 Å². The van der Waals surface area contributed by atoms with E-state index in [2.05, 4.69) is 133 Å². The molecule has 0 spiro atoms. The van der Waals surface area contributed by atoms with Crippen LogP contribution in [0.3, 0.4) is 0 Å². The Morgan fingerprint density at radius 1 is 0.900 bits per heavy atom. The lowest BCUT2D eigenvalue weighted by Crippen LogP contribution is -2.67. The van der Waals surface area contributed by atoms with Crippen LogP contribution in [0.5, 0.6) is 0 Å². The third-order valence-electron chi connectivity index (χ3n) is 8.31. The number of hydrogen-bond donors (Lipinski definition) is 0. The molecule has 1 aliphatic carbocycles. The van der Waals surface area contributed by atoms with Gasteiger partial charge < -0.3 is 4.23 Å². The van der Waals surface area contributed by atoms with Crippen LogP contribution in [0, 0.1) is 0 Å². The van der Waals surface area contributed by atoms with Crippen LogP contribution in [-0.4, -0.2) is 20.7 Å². The number of nitrogens with zero attached hydrogens (tertiary/aromatic N) is 1. The molecule has 1 aliphatic rings. The lowest BCUT2D eigenvalue weighted by atomic mass is 9.75. The summed E-state index contributed by atoms with van der Waals surface area (Å²) in [5.41, 5.74) is 2.71. The first kappa shape index (κ1) is 25.1. The van der Waals surface area contributed by atoms with Crippen molar-refractivity contribution in [3.63, 3.8) is 0 Å². The van der Waals surface area contributed by atoms with Crippen molar-refractivity contribution in [2.24, 2.45) is 0 Å². The smallest absolute Gasteiger partial charge is 0.121 e. The van der Waals surface area contributed by atoms with Crippen molar-refractivity contribution in [2.45, 2.75) is 96.2 Å². The van der Waals surface area contributed by atoms with E-state index in [1.165, 1.54) is 11.1 Å². The summed E-state index contributed by atoms with van der Waals surface area (Å²) in [5.74, 6) is 0. The van der Waals surface area contributed by atoms with Gasteiger partial charge in [-0.25, -0.2) is 0 Å². The Kier molecular flexibility index (Phi) is 7.03.